The zero-order valence-corrected chi connectivity index (χ0v) is 22.7. The van der Waals surface area contributed by atoms with E-state index in [1.165, 1.54) is 5.69 Å². The third kappa shape index (κ3) is 14.5. The van der Waals surface area contributed by atoms with E-state index in [4.69, 9.17) is 16.2 Å². The Morgan fingerprint density at radius 3 is 1.82 bits per heavy atom. The van der Waals surface area contributed by atoms with Crippen LogP contribution in [0.4, 0.5) is 17.1 Å². The number of nitrogens with two attached hydrogens (primary N) is 2. The Balaban J connectivity index is 0.000000709. The van der Waals surface area contributed by atoms with Gasteiger partial charge in [0.2, 0.25) is 0 Å². The minimum Gasteiger partial charge on any atom is -0.399 e. The second-order valence-corrected chi connectivity index (χ2v) is 9.95. The maximum Gasteiger partial charge on any atom is 0.132 e. The van der Waals surface area contributed by atoms with Crippen molar-refractivity contribution >= 4 is 34.8 Å². The maximum absolute atomic E-state index is 11.2. The number of ether oxygens (including phenoxy) is 1. The van der Waals surface area contributed by atoms with Crippen LogP contribution >= 0.6 is 11.9 Å². The SMILES string of the molecule is CC.CC(=O)CC(C)(C)OCC(C)(C)NSc1ccc(N)cc1.CN(C)c1ccc(N)cc1. The molecule has 0 bridgehead atoms. The molecule has 0 radical (unpaired) electrons. The van der Waals surface area contributed by atoms with Crippen LogP contribution in [0.2, 0.25) is 0 Å². The smallest absolute Gasteiger partial charge is 0.132 e. The molecule has 2 aromatic rings. The number of nitrogens with one attached hydrogen (secondary N) is 1. The monoisotopic (exact) mass is 476 g/mol. The van der Waals surface area contributed by atoms with Crippen LogP contribution in [0, 0.1) is 0 Å². The molecule has 0 heterocycles. The van der Waals surface area contributed by atoms with Gasteiger partial charge in [0.1, 0.15) is 5.78 Å². The lowest BCUT2D eigenvalue weighted by atomic mass is 10.0. The van der Waals surface area contributed by atoms with Crippen LogP contribution < -0.4 is 21.1 Å². The molecule has 0 aromatic heterocycles. The first kappa shape index (κ1) is 30.8. The van der Waals surface area contributed by atoms with Crippen molar-refractivity contribution in [2.45, 2.75) is 70.9 Å². The van der Waals surface area contributed by atoms with E-state index in [0.717, 1.165) is 16.3 Å². The zero-order chi connectivity index (χ0) is 25.7. The molecular formula is C26H44N4O2S. The fourth-order valence-corrected chi connectivity index (χ4v) is 3.29. The number of carbonyl (C=O) groups is 1. The lowest BCUT2D eigenvalue weighted by molar-refractivity contribution is -0.124. The minimum atomic E-state index is -0.434. The number of nitrogens with zero attached hydrogens (tertiary/aromatic N) is 1. The number of hydrogen-bond donors (Lipinski definition) is 3. The first-order valence-electron chi connectivity index (χ1n) is 11.3. The molecule has 0 unspecified atom stereocenters. The highest BCUT2D eigenvalue weighted by Crippen LogP contribution is 2.22. The normalized spacial score (nSPS) is 10.9. The number of nitrogen functional groups attached to an aromatic ring is 2. The van der Waals surface area contributed by atoms with Crippen LogP contribution in [0.3, 0.4) is 0 Å². The summed E-state index contributed by atoms with van der Waals surface area (Å²) in [6.45, 7) is 14.1. The summed E-state index contributed by atoms with van der Waals surface area (Å²) in [6.07, 6.45) is 0.425. The van der Waals surface area contributed by atoms with Gasteiger partial charge in [0.05, 0.1) is 12.2 Å². The Bertz CT molecular complexity index is 804. The molecule has 0 saturated heterocycles. The molecular weight excluding hydrogens is 432 g/mol. The third-order valence-electron chi connectivity index (χ3n) is 4.23. The summed E-state index contributed by atoms with van der Waals surface area (Å²) in [5.74, 6) is 0.141. The number of hydrogen-bond acceptors (Lipinski definition) is 7. The summed E-state index contributed by atoms with van der Waals surface area (Å²) in [6, 6.07) is 15.5. The van der Waals surface area contributed by atoms with E-state index in [1.807, 2.05) is 95.2 Å². The first-order valence-corrected chi connectivity index (χ1v) is 12.1. The van der Waals surface area contributed by atoms with Gasteiger partial charge in [-0.15, -0.1) is 0 Å². The highest BCUT2D eigenvalue weighted by atomic mass is 32.2. The number of Topliss-reactive ketones (excluding diaryl/α,β-unsaturated/α-hetero) is 1. The standard InChI is InChI=1S/C16H26N2O2S.C8H12N2.C2H6/c1-12(19)10-16(4,5)20-11-15(2,3)18-21-14-8-6-13(17)7-9-14;1-10(2)8-5-3-7(9)4-6-8;1-2/h6-9,18H,10-11,17H2,1-5H3;3-6H,9H2,1-2H3;1-2H3. The van der Waals surface area contributed by atoms with Gasteiger partial charge in [-0.3, -0.25) is 9.52 Å². The van der Waals surface area contributed by atoms with Crippen molar-refractivity contribution in [3.63, 3.8) is 0 Å². The lowest BCUT2D eigenvalue weighted by Gasteiger charge is -2.31. The van der Waals surface area contributed by atoms with E-state index in [1.54, 1.807) is 18.9 Å². The first-order chi connectivity index (χ1) is 15.3. The molecule has 0 amide bonds. The molecule has 2 aromatic carbocycles. The summed E-state index contributed by atoms with van der Waals surface area (Å²) in [4.78, 5) is 14.4. The summed E-state index contributed by atoms with van der Waals surface area (Å²) in [5.41, 5.74) is 13.3. The second kappa shape index (κ2) is 14.8. The van der Waals surface area contributed by atoms with Crippen molar-refractivity contribution in [3.05, 3.63) is 48.5 Å². The summed E-state index contributed by atoms with van der Waals surface area (Å²) in [7, 11) is 4.01. The Morgan fingerprint density at radius 1 is 0.939 bits per heavy atom. The number of anilines is 3. The van der Waals surface area contributed by atoms with Gasteiger partial charge in [-0.2, -0.15) is 0 Å². The number of benzene rings is 2. The van der Waals surface area contributed by atoms with E-state index >= 15 is 0 Å². The van der Waals surface area contributed by atoms with Gasteiger partial charge in [0.25, 0.3) is 0 Å². The lowest BCUT2D eigenvalue weighted by Crippen LogP contribution is -2.43. The molecule has 0 fully saturated rings. The van der Waals surface area contributed by atoms with Gasteiger partial charge in [0.15, 0.2) is 0 Å². The van der Waals surface area contributed by atoms with E-state index in [2.05, 4.69) is 18.6 Å². The number of rotatable bonds is 9. The quantitative estimate of drug-likeness (QED) is 0.312. The van der Waals surface area contributed by atoms with Crippen molar-refractivity contribution in [2.24, 2.45) is 0 Å². The molecule has 0 atom stereocenters. The molecule has 6 nitrogen and oxygen atoms in total. The van der Waals surface area contributed by atoms with Crippen LogP contribution in [0.5, 0.6) is 0 Å². The highest BCUT2D eigenvalue weighted by Gasteiger charge is 2.26. The molecule has 0 aliphatic heterocycles. The molecule has 5 N–H and O–H groups in total. The van der Waals surface area contributed by atoms with Gasteiger partial charge in [-0.25, -0.2) is 0 Å². The van der Waals surface area contributed by atoms with E-state index < -0.39 is 5.60 Å². The van der Waals surface area contributed by atoms with Crippen LogP contribution in [-0.2, 0) is 9.53 Å². The Kier molecular flexibility index (Phi) is 13.8. The Labute approximate surface area is 205 Å². The third-order valence-corrected chi connectivity index (χ3v) is 5.40. The molecule has 0 aliphatic carbocycles. The Hall–Kier alpha value is -2.22. The average Bonchev–Trinajstić information content (AvgIpc) is 2.74. The zero-order valence-electron chi connectivity index (χ0n) is 21.9. The second-order valence-electron chi connectivity index (χ2n) is 9.07. The van der Waals surface area contributed by atoms with Crippen molar-refractivity contribution in [1.29, 1.82) is 0 Å². The van der Waals surface area contributed by atoms with E-state index in [0.29, 0.717) is 13.0 Å². The molecule has 0 aliphatic rings. The van der Waals surface area contributed by atoms with E-state index in [9.17, 15) is 4.79 Å². The molecule has 2 rings (SSSR count). The molecule has 186 valence electrons. The summed E-state index contributed by atoms with van der Waals surface area (Å²) < 4.78 is 9.28. The molecule has 0 saturated carbocycles. The predicted molar refractivity (Wildman–Crippen MR) is 146 cm³/mol. The van der Waals surface area contributed by atoms with Crippen molar-refractivity contribution in [2.75, 3.05) is 37.1 Å². The topological polar surface area (TPSA) is 93.6 Å². The van der Waals surface area contributed by atoms with Gasteiger partial charge in [-0.1, -0.05) is 13.8 Å². The molecule has 0 spiro atoms. The molecule has 33 heavy (non-hydrogen) atoms. The van der Waals surface area contributed by atoms with Gasteiger partial charge in [0, 0.05) is 48.0 Å². The fraction of sp³-hybridized carbons (Fsp3) is 0.500. The van der Waals surface area contributed by atoms with Crippen LogP contribution in [-0.4, -0.2) is 37.6 Å². The van der Waals surface area contributed by atoms with Crippen molar-refractivity contribution < 1.29 is 9.53 Å². The van der Waals surface area contributed by atoms with Crippen molar-refractivity contribution in [1.82, 2.24) is 4.72 Å². The summed E-state index contributed by atoms with van der Waals surface area (Å²) in [5, 5.41) is 0. The fourth-order valence-electron chi connectivity index (χ4n) is 2.56. The van der Waals surface area contributed by atoms with Crippen molar-refractivity contribution in [3.8, 4) is 0 Å². The highest BCUT2D eigenvalue weighted by molar-refractivity contribution is 7.97. The average molecular weight is 477 g/mol. The largest absolute Gasteiger partial charge is 0.399 e. The number of carbonyl (C=O) groups excluding carboxylic acids is 1. The minimum absolute atomic E-state index is 0.141. The van der Waals surface area contributed by atoms with Crippen LogP contribution in [0.15, 0.2) is 53.4 Å². The van der Waals surface area contributed by atoms with E-state index in [-0.39, 0.29) is 11.3 Å². The van der Waals surface area contributed by atoms with Crippen LogP contribution in [0.25, 0.3) is 0 Å². The van der Waals surface area contributed by atoms with Gasteiger partial charge in [-0.05, 0) is 95.1 Å². The maximum atomic E-state index is 11.2. The number of ketones is 1. The Morgan fingerprint density at radius 2 is 1.39 bits per heavy atom. The summed E-state index contributed by atoms with van der Waals surface area (Å²) >= 11 is 1.55. The predicted octanol–water partition coefficient (Wildman–Crippen LogP) is 5.78. The molecule has 7 heteroatoms. The van der Waals surface area contributed by atoms with Crippen LogP contribution in [0.1, 0.15) is 54.9 Å². The van der Waals surface area contributed by atoms with Gasteiger partial charge < -0.3 is 21.1 Å². The van der Waals surface area contributed by atoms with Gasteiger partial charge >= 0.3 is 0 Å².